The summed E-state index contributed by atoms with van der Waals surface area (Å²) < 4.78 is 10.4. The lowest BCUT2D eigenvalue weighted by atomic mass is 9.84. The van der Waals surface area contributed by atoms with Gasteiger partial charge < -0.3 is 24.7 Å². The van der Waals surface area contributed by atoms with Gasteiger partial charge in [0.2, 0.25) is 5.91 Å². The minimum Gasteiger partial charge on any atom is -0.453 e. The van der Waals surface area contributed by atoms with E-state index in [1.54, 1.807) is 7.11 Å². The Balaban J connectivity index is 0.880. The number of imidazole rings is 1. The summed E-state index contributed by atoms with van der Waals surface area (Å²) in [4.78, 5) is 39.6. The molecule has 2 saturated heterocycles. The Bertz CT molecular complexity index is 1940. The fourth-order valence-corrected chi connectivity index (χ4v) is 10.6. The summed E-state index contributed by atoms with van der Waals surface area (Å²) in [5.74, 6) is 2.25. The van der Waals surface area contributed by atoms with Crippen LogP contribution in [0.4, 0.5) is 4.79 Å². The molecule has 53 heavy (non-hydrogen) atoms. The fraction of sp³-hybridized carbons (Fsp3) is 0.548. The van der Waals surface area contributed by atoms with Gasteiger partial charge in [-0.15, -0.1) is 0 Å². The molecule has 2 amide bonds. The quantitative estimate of drug-likeness (QED) is 0.215. The molecule has 11 heteroatoms. The van der Waals surface area contributed by atoms with E-state index in [9.17, 15) is 9.59 Å². The van der Waals surface area contributed by atoms with E-state index in [0.717, 1.165) is 61.7 Å². The Kier molecular flexibility index (Phi) is 8.86. The maximum Gasteiger partial charge on any atom is 0.407 e. The number of nitrogens with zero attached hydrogens (tertiary/aromatic N) is 5. The topological polar surface area (TPSA) is 106 Å². The predicted octanol–water partition coefficient (Wildman–Crippen LogP) is 6.06. The number of likely N-dealkylation sites (tertiary alicyclic amines) is 2. The summed E-state index contributed by atoms with van der Waals surface area (Å²) in [5.41, 5.74) is 10.2. The lowest BCUT2D eigenvalue weighted by Gasteiger charge is -2.39. The number of methoxy groups -OCH3 is 2. The highest BCUT2D eigenvalue weighted by molar-refractivity contribution is 5.87. The molecule has 6 aliphatic rings. The van der Waals surface area contributed by atoms with Crippen molar-refractivity contribution in [2.24, 2.45) is 11.8 Å². The highest BCUT2D eigenvalue weighted by Gasteiger charge is 2.51. The van der Waals surface area contributed by atoms with Gasteiger partial charge in [0.25, 0.3) is 0 Å². The standard InChI is InChI=1S/C42H53N7O4/c1-24(52-4)39(45-42(51)53-5)41(50)49-35-11-7-9-29(35)21-38(49)47(3)48-23-37(48)30-15-13-26-16-31-18-27(14-12-25(31)17-32(26)19-30)33-22-43-40(44-33)36-20-28-8-6-10-34(28)46(36)2/h12-15,18-19,22-24,28-29,34-36,38-39H,6-11,16-17,20-21H2,1-5H3,(H,43,44)(H,45,51)/t24?,28?,29?,34?,35?,36?,38-,39?,48?/m0/s1. The van der Waals surface area contributed by atoms with Crippen LogP contribution in [-0.2, 0) is 27.1 Å². The van der Waals surface area contributed by atoms with Crippen LogP contribution < -0.4 is 5.32 Å². The molecular formula is C42H53N7O4. The Labute approximate surface area is 312 Å². The van der Waals surface area contributed by atoms with Gasteiger partial charge in [-0.25, -0.2) is 9.78 Å². The molecule has 3 aliphatic carbocycles. The van der Waals surface area contributed by atoms with Crippen molar-refractivity contribution in [1.82, 2.24) is 35.1 Å². The number of amides is 2. The summed E-state index contributed by atoms with van der Waals surface area (Å²) in [6.07, 6.45) is 14.1. The lowest BCUT2D eigenvalue weighted by Crippen LogP contribution is -2.59. The molecule has 2 aromatic carbocycles. The molecule has 11 nitrogen and oxygen atoms in total. The largest absolute Gasteiger partial charge is 0.453 e. The van der Waals surface area contributed by atoms with Gasteiger partial charge in [0, 0.05) is 38.0 Å². The Morgan fingerprint density at radius 3 is 2.30 bits per heavy atom. The van der Waals surface area contributed by atoms with Gasteiger partial charge in [-0.3, -0.25) is 14.7 Å². The SMILES string of the molecule is COC(=O)NC(C(=O)N1C2CCCC2C[C@H]1N(C)N1C=C1c1ccc2c(c1)Cc1ccc(-c3cnc(C4CC5CCCC5N4C)[nH]3)cc1C2)C(C)OC. The van der Waals surface area contributed by atoms with Crippen LogP contribution in [0.5, 0.6) is 0 Å². The number of ether oxygens (including phenoxy) is 2. The van der Waals surface area contributed by atoms with Crippen molar-refractivity contribution < 1.29 is 19.1 Å². The molecule has 9 rings (SSSR count). The number of aromatic nitrogens is 2. The van der Waals surface area contributed by atoms with E-state index in [-0.39, 0.29) is 18.1 Å². The molecule has 0 radical (unpaired) electrons. The van der Waals surface area contributed by atoms with Crippen molar-refractivity contribution in [1.29, 1.82) is 0 Å². The van der Waals surface area contributed by atoms with Crippen molar-refractivity contribution in [3.05, 3.63) is 82.4 Å². The van der Waals surface area contributed by atoms with E-state index in [1.807, 2.05) is 18.0 Å². The second kappa shape index (κ2) is 13.6. The van der Waals surface area contributed by atoms with E-state index < -0.39 is 18.2 Å². The molecular weight excluding hydrogens is 667 g/mol. The third-order valence-electron chi connectivity index (χ3n) is 13.7. The molecule has 2 N–H and O–H groups in total. The smallest absolute Gasteiger partial charge is 0.407 e. The molecule has 3 aromatic rings. The van der Waals surface area contributed by atoms with Crippen molar-refractivity contribution in [2.45, 2.75) is 108 Å². The minimum atomic E-state index is -0.834. The van der Waals surface area contributed by atoms with Crippen molar-refractivity contribution in [3.63, 3.8) is 0 Å². The molecule has 0 spiro atoms. The van der Waals surface area contributed by atoms with Crippen molar-refractivity contribution in [2.75, 3.05) is 28.3 Å². The summed E-state index contributed by atoms with van der Waals surface area (Å²) >= 11 is 0. The van der Waals surface area contributed by atoms with Crippen LogP contribution in [0.15, 0.2) is 48.8 Å². The second-order valence-corrected chi connectivity index (χ2v) is 16.4. The maximum atomic E-state index is 14.2. The molecule has 4 fully saturated rings. The van der Waals surface area contributed by atoms with Gasteiger partial charge in [-0.2, -0.15) is 5.01 Å². The number of alkyl carbamates (subject to hydrolysis) is 1. The van der Waals surface area contributed by atoms with Crippen LogP contribution in [0, 0.1) is 11.8 Å². The first kappa shape index (κ1) is 34.6. The third kappa shape index (κ3) is 6.05. The van der Waals surface area contributed by atoms with Crippen LogP contribution in [0.25, 0.3) is 17.0 Å². The first-order valence-electron chi connectivity index (χ1n) is 19.7. The zero-order valence-corrected chi connectivity index (χ0v) is 31.7. The minimum absolute atomic E-state index is 0.119. The van der Waals surface area contributed by atoms with E-state index in [1.165, 1.54) is 66.2 Å². The molecule has 0 bridgehead atoms. The Morgan fingerprint density at radius 1 is 0.925 bits per heavy atom. The highest BCUT2D eigenvalue weighted by atomic mass is 16.5. The zero-order valence-electron chi connectivity index (χ0n) is 31.7. The second-order valence-electron chi connectivity index (χ2n) is 16.4. The number of aromatic amines is 1. The summed E-state index contributed by atoms with van der Waals surface area (Å²) in [5, 5.41) is 7.14. The zero-order chi connectivity index (χ0) is 36.5. The van der Waals surface area contributed by atoms with Gasteiger partial charge in [0.1, 0.15) is 18.0 Å². The number of rotatable bonds is 9. The number of carbonyl (C=O) groups is 2. The lowest BCUT2D eigenvalue weighted by molar-refractivity contribution is -0.146. The Morgan fingerprint density at radius 2 is 1.60 bits per heavy atom. The number of benzene rings is 2. The predicted molar refractivity (Wildman–Crippen MR) is 202 cm³/mol. The van der Waals surface area contributed by atoms with Gasteiger partial charge in [-0.1, -0.05) is 37.1 Å². The molecule has 8 atom stereocenters. The van der Waals surface area contributed by atoms with Crippen LogP contribution >= 0.6 is 0 Å². The first-order chi connectivity index (χ1) is 25.7. The van der Waals surface area contributed by atoms with Gasteiger partial charge in [0.05, 0.1) is 36.8 Å². The van der Waals surface area contributed by atoms with Crippen molar-refractivity contribution >= 4 is 17.7 Å². The van der Waals surface area contributed by atoms with Crippen LogP contribution in [0.2, 0.25) is 0 Å². The average Bonchev–Trinajstić information content (AvgIpc) is 3.70. The highest BCUT2D eigenvalue weighted by Crippen LogP contribution is 2.47. The van der Waals surface area contributed by atoms with E-state index >= 15 is 0 Å². The number of nitrogens with one attached hydrogen (secondary N) is 2. The fourth-order valence-electron chi connectivity index (χ4n) is 10.6. The number of H-pyrrole nitrogens is 1. The maximum absolute atomic E-state index is 14.2. The normalized spacial score (nSPS) is 28.3. The molecule has 7 unspecified atom stereocenters. The van der Waals surface area contributed by atoms with Crippen LogP contribution in [0.3, 0.4) is 0 Å². The molecule has 4 heterocycles. The molecule has 280 valence electrons. The van der Waals surface area contributed by atoms with Gasteiger partial charge in [0.15, 0.2) is 0 Å². The summed E-state index contributed by atoms with van der Waals surface area (Å²) in [6, 6.07) is 14.2. The van der Waals surface area contributed by atoms with Crippen LogP contribution in [0.1, 0.15) is 98.0 Å². The number of carbonyl (C=O) groups excluding carboxylic acids is 2. The molecule has 2 saturated carbocycles. The van der Waals surface area contributed by atoms with Gasteiger partial charge >= 0.3 is 6.09 Å². The monoisotopic (exact) mass is 719 g/mol. The number of hydrazine groups is 1. The number of hydrogen-bond acceptors (Lipinski definition) is 8. The molecule has 1 aromatic heterocycles. The summed E-state index contributed by atoms with van der Waals surface area (Å²) in [7, 11) is 7.23. The van der Waals surface area contributed by atoms with E-state index in [0.29, 0.717) is 18.0 Å². The number of hydrogen-bond donors (Lipinski definition) is 2. The molecule has 3 aliphatic heterocycles. The average molecular weight is 720 g/mol. The summed E-state index contributed by atoms with van der Waals surface area (Å²) in [6.45, 7) is 1.81. The Hall–Kier alpha value is -4.19. The van der Waals surface area contributed by atoms with Gasteiger partial charge in [-0.05, 0) is 117 Å². The number of fused-ring (bicyclic) bond motifs is 4. The van der Waals surface area contributed by atoms with Crippen molar-refractivity contribution in [3.8, 4) is 11.3 Å². The third-order valence-corrected chi connectivity index (χ3v) is 13.7. The van der Waals surface area contributed by atoms with E-state index in [2.05, 4.69) is 81.9 Å². The van der Waals surface area contributed by atoms with E-state index in [4.69, 9.17) is 14.5 Å². The van der Waals surface area contributed by atoms with Crippen LogP contribution in [-0.4, -0.2) is 100 Å². The first-order valence-corrected chi connectivity index (χ1v) is 19.7.